The molecular formula is C18H20N6O4. The lowest BCUT2D eigenvalue weighted by molar-refractivity contribution is -0.0337. The average Bonchev–Trinajstić information content (AvgIpc) is 3.23. The first-order chi connectivity index (χ1) is 13.5. The van der Waals surface area contributed by atoms with Crippen molar-refractivity contribution in [1.29, 1.82) is 0 Å². The summed E-state index contributed by atoms with van der Waals surface area (Å²) in [5, 5.41) is 23.5. The van der Waals surface area contributed by atoms with Crippen molar-refractivity contribution < 1.29 is 19.7 Å². The zero-order chi connectivity index (χ0) is 19.8. The van der Waals surface area contributed by atoms with E-state index in [0.717, 1.165) is 5.56 Å². The summed E-state index contributed by atoms with van der Waals surface area (Å²) in [7, 11) is 0. The number of aliphatic hydroxyl groups is 2. The number of aryl methyl sites for hydroxylation is 1. The summed E-state index contributed by atoms with van der Waals surface area (Å²) in [5.74, 6) is -0.0824. The molecule has 3 aromatic rings. The molecule has 1 fully saturated rings. The summed E-state index contributed by atoms with van der Waals surface area (Å²) < 4.78 is 7.28. The highest BCUT2D eigenvalue weighted by atomic mass is 16.6. The number of nitrogens with two attached hydrogens (primary N) is 1. The first-order valence-electron chi connectivity index (χ1n) is 8.75. The second-order valence-corrected chi connectivity index (χ2v) is 6.71. The van der Waals surface area contributed by atoms with E-state index in [1.165, 1.54) is 17.2 Å². The lowest BCUT2D eigenvalue weighted by Gasteiger charge is -2.16. The summed E-state index contributed by atoms with van der Waals surface area (Å²) in [6.07, 6.45) is -1.44. The van der Waals surface area contributed by atoms with Crippen molar-refractivity contribution in [3.8, 4) is 0 Å². The molecule has 4 rings (SSSR count). The molecule has 5 N–H and O–H groups in total. The lowest BCUT2D eigenvalue weighted by atomic mass is 10.1. The van der Waals surface area contributed by atoms with Crippen LogP contribution in [-0.2, 0) is 4.74 Å². The van der Waals surface area contributed by atoms with E-state index >= 15 is 0 Å². The number of amides is 1. The minimum Gasteiger partial charge on any atom is -0.387 e. The summed E-state index contributed by atoms with van der Waals surface area (Å²) in [5.41, 5.74) is 8.09. The highest BCUT2D eigenvalue weighted by molar-refractivity contribution is 5.94. The van der Waals surface area contributed by atoms with Crippen LogP contribution in [-0.4, -0.2) is 60.5 Å². The first kappa shape index (κ1) is 18.3. The van der Waals surface area contributed by atoms with Gasteiger partial charge in [-0.3, -0.25) is 9.36 Å². The molecule has 4 unspecified atom stereocenters. The Hall–Kier alpha value is -3.08. The molecule has 1 aliphatic heterocycles. The van der Waals surface area contributed by atoms with Crippen LogP contribution in [0.4, 0.5) is 5.82 Å². The second kappa shape index (κ2) is 7.15. The minimum absolute atomic E-state index is 0.0329. The van der Waals surface area contributed by atoms with Gasteiger partial charge in [-0.15, -0.1) is 0 Å². The number of aliphatic hydroxyl groups excluding tert-OH is 2. The van der Waals surface area contributed by atoms with Crippen LogP contribution in [0.2, 0.25) is 0 Å². The number of imidazole rings is 1. The third-order valence-electron chi connectivity index (χ3n) is 4.78. The van der Waals surface area contributed by atoms with E-state index < -0.39 is 24.5 Å². The van der Waals surface area contributed by atoms with Crippen molar-refractivity contribution in [3.05, 3.63) is 48.0 Å². The molecule has 4 atom stereocenters. The second-order valence-electron chi connectivity index (χ2n) is 6.71. The summed E-state index contributed by atoms with van der Waals surface area (Å²) in [4.78, 5) is 24.4. The molecular weight excluding hydrogens is 364 g/mol. The highest BCUT2D eigenvalue weighted by Gasteiger charge is 2.44. The Morgan fingerprint density at radius 1 is 1.21 bits per heavy atom. The van der Waals surface area contributed by atoms with Crippen LogP contribution in [0, 0.1) is 6.92 Å². The maximum absolute atomic E-state index is 12.3. The largest absolute Gasteiger partial charge is 0.387 e. The number of carbonyl (C=O) groups excluding carboxylic acids is 1. The number of hydrogen-bond acceptors (Lipinski definition) is 8. The molecule has 10 nitrogen and oxygen atoms in total. The molecule has 28 heavy (non-hydrogen) atoms. The Bertz CT molecular complexity index is 1000. The van der Waals surface area contributed by atoms with E-state index in [1.54, 1.807) is 12.1 Å². The Balaban J connectivity index is 1.47. The van der Waals surface area contributed by atoms with E-state index in [-0.39, 0.29) is 18.3 Å². The van der Waals surface area contributed by atoms with Gasteiger partial charge < -0.3 is 26.0 Å². The predicted molar refractivity (Wildman–Crippen MR) is 99.2 cm³/mol. The number of rotatable bonds is 4. The molecule has 2 aromatic heterocycles. The van der Waals surface area contributed by atoms with Crippen molar-refractivity contribution in [2.45, 2.75) is 31.5 Å². The predicted octanol–water partition coefficient (Wildman–Crippen LogP) is -0.234. The number of benzene rings is 1. The van der Waals surface area contributed by atoms with Gasteiger partial charge in [0.2, 0.25) is 0 Å². The number of nitrogens with zero attached hydrogens (tertiary/aromatic N) is 4. The quantitative estimate of drug-likeness (QED) is 0.482. The summed E-state index contributed by atoms with van der Waals surface area (Å²) in [6, 6.07) is 7.12. The summed E-state index contributed by atoms with van der Waals surface area (Å²) in [6.45, 7) is 1.97. The molecule has 3 heterocycles. The highest BCUT2D eigenvalue weighted by Crippen LogP contribution is 2.31. The lowest BCUT2D eigenvalue weighted by Crippen LogP contribution is -2.39. The van der Waals surface area contributed by atoms with E-state index in [0.29, 0.717) is 16.7 Å². The number of anilines is 1. The molecule has 146 valence electrons. The van der Waals surface area contributed by atoms with Crippen LogP contribution in [0.3, 0.4) is 0 Å². The van der Waals surface area contributed by atoms with Gasteiger partial charge >= 0.3 is 0 Å². The third kappa shape index (κ3) is 3.17. The Morgan fingerprint density at radius 2 is 1.96 bits per heavy atom. The van der Waals surface area contributed by atoms with Crippen molar-refractivity contribution in [2.24, 2.45) is 0 Å². The summed E-state index contributed by atoms with van der Waals surface area (Å²) >= 11 is 0. The maximum atomic E-state index is 12.3. The van der Waals surface area contributed by atoms with E-state index in [1.807, 2.05) is 19.1 Å². The van der Waals surface area contributed by atoms with Gasteiger partial charge in [0.05, 0.1) is 6.33 Å². The van der Waals surface area contributed by atoms with Gasteiger partial charge in [0.15, 0.2) is 17.7 Å². The van der Waals surface area contributed by atoms with Crippen LogP contribution in [0.5, 0.6) is 0 Å². The Kier molecular flexibility index (Phi) is 4.67. The molecule has 0 spiro atoms. The monoisotopic (exact) mass is 384 g/mol. The van der Waals surface area contributed by atoms with E-state index in [9.17, 15) is 15.0 Å². The van der Waals surface area contributed by atoms with Crippen molar-refractivity contribution in [2.75, 3.05) is 12.3 Å². The number of nitrogen functional groups attached to an aromatic ring is 1. The fraction of sp³-hybridized carbons (Fsp3) is 0.333. The van der Waals surface area contributed by atoms with Crippen molar-refractivity contribution in [3.63, 3.8) is 0 Å². The molecule has 0 radical (unpaired) electrons. The SMILES string of the molecule is Cc1ccc(C(=O)NCC2OC(n3cnc4c(N)ncnc43)C(O)C2O)cc1. The van der Waals surface area contributed by atoms with Crippen LogP contribution in [0.25, 0.3) is 11.2 Å². The standard InChI is InChI=1S/C18H20N6O4/c1-9-2-4-10(5-3-9)17(27)20-6-11-13(25)14(26)18(28-11)24-8-23-12-15(19)21-7-22-16(12)24/h2-5,7-8,11,13-14,18,25-26H,6H2,1H3,(H,20,27)(H2,19,21,22). The number of hydrogen-bond donors (Lipinski definition) is 4. The molecule has 1 aliphatic rings. The molecule has 0 saturated carbocycles. The van der Waals surface area contributed by atoms with Gasteiger partial charge in [0.1, 0.15) is 30.2 Å². The van der Waals surface area contributed by atoms with Gasteiger partial charge in [-0.2, -0.15) is 0 Å². The van der Waals surface area contributed by atoms with E-state index in [4.69, 9.17) is 10.5 Å². The number of aromatic nitrogens is 4. The number of carbonyl (C=O) groups is 1. The average molecular weight is 384 g/mol. The Labute approximate surface area is 160 Å². The zero-order valence-corrected chi connectivity index (χ0v) is 15.1. The molecule has 10 heteroatoms. The molecule has 1 aromatic carbocycles. The number of nitrogens with one attached hydrogen (secondary N) is 1. The van der Waals surface area contributed by atoms with Crippen molar-refractivity contribution >= 4 is 22.9 Å². The van der Waals surface area contributed by atoms with Gasteiger partial charge in [-0.05, 0) is 19.1 Å². The fourth-order valence-electron chi connectivity index (χ4n) is 3.18. The van der Waals surface area contributed by atoms with Gasteiger partial charge in [0, 0.05) is 12.1 Å². The normalized spacial score (nSPS) is 24.5. The molecule has 0 bridgehead atoms. The minimum atomic E-state index is -1.23. The molecule has 0 aliphatic carbocycles. The van der Waals surface area contributed by atoms with Gasteiger partial charge in [-0.25, -0.2) is 15.0 Å². The van der Waals surface area contributed by atoms with Crippen LogP contribution in [0.15, 0.2) is 36.9 Å². The molecule has 1 saturated heterocycles. The fourth-order valence-corrected chi connectivity index (χ4v) is 3.18. The topological polar surface area (TPSA) is 148 Å². The van der Waals surface area contributed by atoms with Gasteiger partial charge in [-0.1, -0.05) is 17.7 Å². The number of ether oxygens (including phenoxy) is 1. The van der Waals surface area contributed by atoms with Crippen LogP contribution < -0.4 is 11.1 Å². The Morgan fingerprint density at radius 3 is 2.71 bits per heavy atom. The van der Waals surface area contributed by atoms with E-state index in [2.05, 4.69) is 20.3 Å². The van der Waals surface area contributed by atoms with Crippen LogP contribution >= 0.6 is 0 Å². The maximum Gasteiger partial charge on any atom is 0.251 e. The van der Waals surface area contributed by atoms with Gasteiger partial charge in [0.25, 0.3) is 5.91 Å². The van der Waals surface area contributed by atoms with Crippen LogP contribution in [0.1, 0.15) is 22.1 Å². The number of fused-ring (bicyclic) bond motifs is 1. The first-order valence-corrected chi connectivity index (χ1v) is 8.75. The third-order valence-corrected chi connectivity index (χ3v) is 4.78. The van der Waals surface area contributed by atoms with Crippen molar-refractivity contribution in [1.82, 2.24) is 24.8 Å². The smallest absolute Gasteiger partial charge is 0.251 e. The molecule has 1 amide bonds. The zero-order valence-electron chi connectivity index (χ0n) is 15.1.